The molecule has 1 aromatic carbocycles. The summed E-state index contributed by atoms with van der Waals surface area (Å²) in [4.78, 5) is 0. The monoisotopic (exact) mass is 353 g/mol. The van der Waals surface area contributed by atoms with Crippen molar-refractivity contribution in [2.24, 2.45) is 0 Å². The van der Waals surface area contributed by atoms with Gasteiger partial charge in [0.1, 0.15) is 11.0 Å². The normalized spacial score (nSPS) is 25.1. The predicted molar refractivity (Wildman–Crippen MR) is 79.5 cm³/mol. The summed E-state index contributed by atoms with van der Waals surface area (Å²) < 4.78 is 31.2. The molecule has 2 N–H and O–H groups in total. The van der Waals surface area contributed by atoms with Crippen molar-refractivity contribution in [3.63, 3.8) is 0 Å². The maximum atomic E-state index is 11.5. The minimum absolute atomic E-state index is 0.147. The summed E-state index contributed by atoms with van der Waals surface area (Å²) in [7, 11) is -3.24. The Morgan fingerprint density at radius 3 is 2.60 bits per heavy atom. The highest BCUT2D eigenvalue weighted by Gasteiger charge is 2.37. The van der Waals surface area contributed by atoms with E-state index in [1.54, 1.807) is 0 Å². The highest BCUT2D eigenvalue weighted by molar-refractivity contribution is 7.91. The molecule has 108 valence electrons. The minimum atomic E-state index is -3.24. The zero-order chi connectivity index (χ0) is 14.5. The number of nitrogens with zero attached hydrogens (tertiary/aromatic N) is 2. The summed E-state index contributed by atoms with van der Waals surface area (Å²) in [5.41, 5.74) is 1.42. The molecule has 2 heterocycles. The number of aliphatic hydroxyl groups is 1. The SMILES string of the molecule is O=S1(=O)CC(O)C(Nc2c(Cl)cc(Cl)c3nsnc23)C1. The van der Waals surface area contributed by atoms with Crippen LogP contribution in [0.2, 0.25) is 10.0 Å². The van der Waals surface area contributed by atoms with E-state index in [0.29, 0.717) is 26.8 Å². The number of nitrogens with one attached hydrogen (secondary N) is 1. The van der Waals surface area contributed by atoms with Crippen LogP contribution in [0.1, 0.15) is 0 Å². The number of hydrogen-bond acceptors (Lipinski definition) is 7. The van der Waals surface area contributed by atoms with Gasteiger partial charge in [-0.05, 0) is 6.07 Å². The van der Waals surface area contributed by atoms with Crippen LogP contribution in [0.4, 0.5) is 5.69 Å². The average molecular weight is 354 g/mol. The molecular weight excluding hydrogens is 345 g/mol. The van der Waals surface area contributed by atoms with E-state index in [2.05, 4.69) is 14.1 Å². The first-order valence-corrected chi connectivity index (χ1v) is 8.93. The standard InChI is InChI=1S/C10H9Cl2N3O3S2/c11-4-1-5(12)9-10(15-19-14-9)8(4)13-6-2-20(17,18)3-7(6)16/h1,6-7,13,16H,2-3H2. The Bertz CT molecular complexity index is 777. The second-order valence-electron chi connectivity index (χ2n) is 4.57. The van der Waals surface area contributed by atoms with Crippen molar-refractivity contribution in [2.45, 2.75) is 12.1 Å². The molecule has 1 aromatic heterocycles. The van der Waals surface area contributed by atoms with Gasteiger partial charge in [-0.2, -0.15) is 8.75 Å². The van der Waals surface area contributed by atoms with Gasteiger partial charge in [-0.25, -0.2) is 8.42 Å². The van der Waals surface area contributed by atoms with Crippen LogP contribution >= 0.6 is 34.9 Å². The number of aromatic nitrogens is 2. The van der Waals surface area contributed by atoms with Gasteiger partial charge in [0.15, 0.2) is 9.84 Å². The van der Waals surface area contributed by atoms with Gasteiger partial charge in [-0.1, -0.05) is 23.2 Å². The lowest BCUT2D eigenvalue weighted by Gasteiger charge is -2.17. The van der Waals surface area contributed by atoms with Crippen LogP contribution in [0, 0.1) is 0 Å². The van der Waals surface area contributed by atoms with Crippen LogP contribution in [0.3, 0.4) is 0 Å². The van der Waals surface area contributed by atoms with Crippen LogP contribution < -0.4 is 5.32 Å². The molecule has 6 nitrogen and oxygen atoms in total. The van der Waals surface area contributed by atoms with Gasteiger partial charge in [0, 0.05) is 0 Å². The lowest BCUT2D eigenvalue weighted by atomic mass is 10.2. The van der Waals surface area contributed by atoms with Crippen molar-refractivity contribution < 1.29 is 13.5 Å². The summed E-state index contributed by atoms with van der Waals surface area (Å²) in [5, 5.41) is 13.5. The molecule has 10 heteroatoms. The molecule has 1 aliphatic heterocycles. The van der Waals surface area contributed by atoms with Crippen LogP contribution in [0.15, 0.2) is 6.07 Å². The zero-order valence-electron chi connectivity index (χ0n) is 9.88. The van der Waals surface area contributed by atoms with Gasteiger partial charge in [0.05, 0.1) is 51.1 Å². The van der Waals surface area contributed by atoms with Gasteiger partial charge >= 0.3 is 0 Å². The molecule has 0 aliphatic carbocycles. The third-order valence-electron chi connectivity index (χ3n) is 3.10. The Kier molecular flexibility index (Phi) is 3.54. The molecule has 20 heavy (non-hydrogen) atoms. The zero-order valence-corrected chi connectivity index (χ0v) is 13.0. The molecule has 2 atom stereocenters. The van der Waals surface area contributed by atoms with Crippen molar-refractivity contribution in [1.29, 1.82) is 0 Å². The molecule has 1 saturated heterocycles. The second-order valence-corrected chi connectivity index (χ2v) is 8.07. The molecule has 0 bridgehead atoms. The third-order valence-corrected chi connectivity index (χ3v) is 5.93. The Labute approximate surface area is 129 Å². The fourth-order valence-electron chi connectivity index (χ4n) is 2.16. The molecule has 0 radical (unpaired) electrons. The number of fused-ring (bicyclic) bond motifs is 1. The average Bonchev–Trinajstić information content (AvgIpc) is 2.89. The predicted octanol–water partition coefficient (Wildman–Crippen LogP) is 1.57. The van der Waals surface area contributed by atoms with E-state index in [1.165, 1.54) is 6.07 Å². The van der Waals surface area contributed by atoms with Gasteiger partial charge in [0.25, 0.3) is 0 Å². The fraction of sp³-hybridized carbons (Fsp3) is 0.400. The molecule has 0 saturated carbocycles. The molecular formula is C10H9Cl2N3O3S2. The van der Waals surface area contributed by atoms with Gasteiger partial charge < -0.3 is 10.4 Å². The first-order valence-electron chi connectivity index (χ1n) is 5.63. The first kappa shape index (κ1) is 14.3. The fourth-order valence-corrected chi connectivity index (χ4v) is 5.07. The van der Waals surface area contributed by atoms with Gasteiger partial charge in [0.2, 0.25) is 0 Å². The van der Waals surface area contributed by atoms with Crippen molar-refractivity contribution in [3.05, 3.63) is 16.1 Å². The third kappa shape index (κ3) is 2.46. The molecule has 2 aromatic rings. The van der Waals surface area contributed by atoms with Crippen molar-refractivity contribution in [2.75, 3.05) is 16.8 Å². The number of halogens is 2. The second kappa shape index (κ2) is 4.96. The Morgan fingerprint density at radius 1 is 1.25 bits per heavy atom. The number of rotatable bonds is 2. The largest absolute Gasteiger partial charge is 0.390 e. The molecule has 0 amide bonds. The first-order chi connectivity index (χ1) is 9.37. The molecule has 1 aliphatic rings. The van der Waals surface area contributed by atoms with Crippen LogP contribution in [0.25, 0.3) is 11.0 Å². The number of aliphatic hydroxyl groups excluding tert-OH is 1. The number of hydrogen-bond donors (Lipinski definition) is 2. The van der Waals surface area contributed by atoms with Crippen LogP contribution in [0.5, 0.6) is 0 Å². The Hall–Kier alpha value is -0.670. The van der Waals surface area contributed by atoms with E-state index in [-0.39, 0.29) is 11.5 Å². The maximum Gasteiger partial charge on any atom is 0.155 e. The summed E-state index contributed by atoms with van der Waals surface area (Å²) in [6.07, 6.45) is -0.978. The van der Waals surface area contributed by atoms with E-state index in [1.807, 2.05) is 0 Å². The number of benzene rings is 1. The van der Waals surface area contributed by atoms with Crippen molar-refractivity contribution >= 4 is 61.5 Å². The number of sulfone groups is 1. The lowest BCUT2D eigenvalue weighted by Crippen LogP contribution is -2.32. The summed E-state index contributed by atoms with van der Waals surface area (Å²) in [6, 6.07) is 0.897. The van der Waals surface area contributed by atoms with Gasteiger partial charge in [-0.15, -0.1) is 0 Å². The highest BCUT2D eigenvalue weighted by Crippen LogP contribution is 2.36. The van der Waals surface area contributed by atoms with E-state index in [0.717, 1.165) is 11.7 Å². The van der Waals surface area contributed by atoms with E-state index >= 15 is 0 Å². The summed E-state index contributed by atoms with van der Waals surface area (Å²) in [6.45, 7) is 0. The minimum Gasteiger partial charge on any atom is -0.390 e. The molecule has 3 rings (SSSR count). The lowest BCUT2D eigenvalue weighted by molar-refractivity contribution is 0.190. The smallest absolute Gasteiger partial charge is 0.155 e. The van der Waals surface area contributed by atoms with Crippen LogP contribution in [-0.2, 0) is 9.84 Å². The van der Waals surface area contributed by atoms with Crippen LogP contribution in [-0.4, -0.2) is 45.9 Å². The summed E-state index contributed by atoms with van der Waals surface area (Å²) in [5.74, 6) is -0.402. The van der Waals surface area contributed by atoms with Gasteiger partial charge in [-0.3, -0.25) is 0 Å². The Balaban J connectivity index is 2.01. The van der Waals surface area contributed by atoms with Crippen molar-refractivity contribution in [3.8, 4) is 0 Å². The van der Waals surface area contributed by atoms with E-state index < -0.39 is 22.0 Å². The molecule has 0 spiro atoms. The van der Waals surface area contributed by atoms with E-state index in [4.69, 9.17) is 23.2 Å². The maximum absolute atomic E-state index is 11.5. The topological polar surface area (TPSA) is 92.2 Å². The summed E-state index contributed by atoms with van der Waals surface area (Å²) >= 11 is 13.1. The number of anilines is 1. The van der Waals surface area contributed by atoms with Crippen molar-refractivity contribution in [1.82, 2.24) is 8.75 Å². The molecule has 1 fully saturated rings. The highest BCUT2D eigenvalue weighted by atomic mass is 35.5. The Morgan fingerprint density at radius 2 is 1.95 bits per heavy atom. The molecule has 2 unspecified atom stereocenters. The quantitative estimate of drug-likeness (QED) is 0.851. The van der Waals surface area contributed by atoms with E-state index in [9.17, 15) is 13.5 Å².